The van der Waals surface area contributed by atoms with Crippen molar-refractivity contribution in [3.63, 3.8) is 0 Å². The Bertz CT molecular complexity index is 220. The standard InChI is InChI=1S/C16H34N2/c1-6-11-17-15(16(3,4)5)10-13-18-12-8-7-9-14(18)2/h14-15,17H,6-13H2,1-5H3. The van der Waals surface area contributed by atoms with Crippen molar-refractivity contribution in [1.82, 2.24) is 10.2 Å². The molecule has 1 N–H and O–H groups in total. The van der Waals surface area contributed by atoms with Crippen LogP contribution in [0.1, 0.15) is 66.7 Å². The second-order valence-electron chi connectivity index (χ2n) is 7.04. The van der Waals surface area contributed by atoms with Gasteiger partial charge in [0.15, 0.2) is 0 Å². The smallest absolute Gasteiger partial charge is 0.0128 e. The molecule has 2 unspecified atom stereocenters. The van der Waals surface area contributed by atoms with Gasteiger partial charge < -0.3 is 10.2 Å². The van der Waals surface area contributed by atoms with Crippen molar-refractivity contribution in [2.75, 3.05) is 19.6 Å². The number of hydrogen-bond donors (Lipinski definition) is 1. The summed E-state index contributed by atoms with van der Waals surface area (Å²) in [6, 6.07) is 1.44. The Hall–Kier alpha value is -0.0800. The first-order valence-electron chi connectivity index (χ1n) is 7.92. The molecule has 2 nitrogen and oxygen atoms in total. The van der Waals surface area contributed by atoms with Gasteiger partial charge in [0.25, 0.3) is 0 Å². The summed E-state index contributed by atoms with van der Waals surface area (Å²) in [6.45, 7) is 15.5. The van der Waals surface area contributed by atoms with Gasteiger partial charge in [0.05, 0.1) is 0 Å². The molecule has 0 aromatic rings. The van der Waals surface area contributed by atoms with E-state index < -0.39 is 0 Å². The van der Waals surface area contributed by atoms with Gasteiger partial charge >= 0.3 is 0 Å². The van der Waals surface area contributed by atoms with E-state index in [1.165, 1.54) is 45.2 Å². The molecule has 2 heteroatoms. The largest absolute Gasteiger partial charge is 0.313 e. The van der Waals surface area contributed by atoms with E-state index >= 15 is 0 Å². The average Bonchev–Trinajstić information content (AvgIpc) is 2.29. The molecule has 108 valence electrons. The van der Waals surface area contributed by atoms with Gasteiger partial charge in [0.1, 0.15) is 0 Å². The molecule has 0 aliphatic carbocycles. The molecule has 2 atom stereocenters. The zero-order valence-electron chi connectivity index (χ0n) is 13.3. The van der Waals surface area contributed by atoms with Crippen LogP contribution in [0.5, 0.6) is 0 Å². The lowest BCUT2D eigenvalue weighted by Crippen LogP contribution is -2.45. The zero-order chi connectivity index (χ0) is 13.6. The first kappa shape index (κ1) is 16.0. The van der Waals surface area contributed by atoms with E-state index in [-0.39, 0.29) is 0 Å². The van der Waals surface area contributed by atoms with Crippen LogP contribution in [-0.4, -0.2) is 36.6 Å². The second-order valence-corrected chi connectivity index (χ2v) is 7.04. The van der Waals surface area contributed by atoms with Gasteiger partial charge in [-0.3, -0.25) is 0 Å². The molecule has 1 fully saturated rings. The minimum Gasteiger partial charge on any atom is -0.313 e. The summed E-state index contributed by atoms with van der Waals surface area (Å²) < 4.78 is 0. The lowest BCUT2D eigenvalue weighted by Gasteiger charge is -2.37. The summed E-state index contributed by atoms with van der Waals surface area (Å²) in [7, 11) is 0. The quantitative estimate of drug-likeness (QED) is 0.778. The van der Waals surface area contributed by atoms with E-state index in [0.717, 1.165) is 12.6 Å². The van der Waals surface area contributed by atoms with E-state index in [4.69, 9.17) is 0 Å². The van der Waals surface area contributed by atoms with E-state index in [0.29, 0.717) is 11.5 Å². The van der Waals surface area contributed by atoms with Crippen LogP contribution in [0.15, 0.2) is 0 Å². The monoisotopic (exact) mass is 254 g/mol. The molecule has 18 heavy (non-hydrogen) atoms. The molecule has 0 aromatic carbocycles. The van der Waals surface area contributed by atoms with Crippen LogP contribution in [0.3, 0.4) is 0 Å². The summed E-state index contributed by atoms with van der Waals surface area (Å²) in [5.74, 6) is 0. The fraction of sp³-hybridized carbons (Fsp3) is 1.00. The van der Waals surface area contributed by atoms with Gasteiger partial charge in [-0.1, -0.05) is 34.1 Å². The van der Waals surface area contributed by atoms with Gasteiger partial charge in [-0.2, -0.15) is 0 Å². The number of likely N-dealkylation sites (tertiary alicyclic amines) is 1. The Labute approximate surface area is 115 Å². The van der Waals surface area contributed by atoms with Crippen molar-refractivity contribution in [3.05, 3.63) is 0 Å². The summed E-state index contributed by atoms with van der Waals surface area (Å²) in [5, 5.41) is 3.74. The van der Waals surface area contributed by atoms with Crippen molar-refractivity contribution in [3.8, 4) is 0 Å². The Kier molecular flexibility index (Phi) is 6.65. The second kappa shape index (κ2) is 7.49. The summed E-state index contributed by atoms with van der Waals surface area (Å²) in [4.78, 5) is 2.69. The Morgan fingerprint density at radius 2 is 2.00 bits per heavy atom. The van der Waals surface area contributed by atoms with Gasteiger partial charge in [0, 0.05) is 12.1 Å². The number of nitrogens with zero attached hydrogens (tertiary/aromatic N) is 1. The van der Waals surface area contributed by atoms with Crippen LogP contribution < -0.4 is 5.32 Å². The Morgan fingerprint density at radius 1 is 1.28 bits per heavy atom. The number of hydrogen-bond acceptors (Lipinski definition) is 2. The van der Waals surface area contributed by atoms with Gasteiger partial charge in [-0.15, -0.1) is 0 Å². The Balaban J connectivity index is 2.40. The highest BCUT2D eigenvalue weighted by molar-refractivity contribution is 4.83. The van der Waals surface area contributed by atoms with Crippen LogP contribution in [-0.2, 0) is 0 Å². The molecule has 1 rings (SSSR count). The van der Waals surface area contributed by atoms with E-state index in [9.17, 15) is 0 Å². The van der Waals surface area contributed by atoms with Crippen molar-refractivity contribution in [2.24, 2.45) is 5.41 Å². The molecule has 0 spiro atoms. The van der Waals surface area contributed by atoms with Gasteiger partial charge in [0.2, 0.25) is 0 Å². The molecule has 1 heterocycles. The van der Waals surface area contributed by atoms with E-state index in [2.05, 4.69) is 44.8 Å². The van der Waals surface area contributed by atoms with Crippen LogP contribution >= 0.6 is 0 Å². The zero-order valence-corrected chi connectivity index (χ0v) is 13.3. The number of rotatable bonds is 6. The Morgan fingerprint density at radius 3 is 2.56 bits per heavy atom. The third-order valence-corrected chi connectivity index (χ3v) is 4.33. The molecule has 0 radical (unpaired) electrons. The topological polar surface area (TPSA) is 15.3 Å². The molecule has 0 amide bonds. The van der Waals surface area contributed by atoms with Crippen molar-refractivity contribution < 1.29 is 0 Å². The highest BCUT2D eigenvalue weighted by Crippen LogP contribution is 2.24. The molecular formula is C16H34N2. The number of nitrogens with one attached hydrogen (secondary N) is 1. The predicted molar refractivity (Wildman–Crippen MR) is 81.0 cm³/mol. The van der Waals surface area contributed by atoms with Crippen LogP contribution in [0.4, 0.5) is 0 Å². The molecule has 0 aromatic heterocycles. The fourth-order valence-corrected chi connectivity index (χ4v) is 2.94. The molecule has 0 bridgehead atoms. The average molecular weight is 254 g/mol. The van der Waals surface area contributed by atoms with Crippen molar-refractivity contribution in [1.29, 1.82) is 0 Å². The van der Waals surface area contributed by atoms with E-state index in [1.807, 2.05) is 0 Å². The van der Waals surface area contributed by atoms with Crippen molar-refractivity contribution >= 4 is 0 Å². The number of piperidine rings is 1. The first-order valence-corrected chi connectivity index (χ1v) is 7.92. The molecule has 1 aliphatic rings. The lowest BCUT2D eigenvalue weighted by molar-refractivity contribution is 0.138. The first-order chi connectivity index (χ1) is 8.45. The van der Waals surface area contributed by atoms with E-state index in [1.54, 1.807) is 0 Å². The van der Waals surface area contributed by atoms with Crippen LogP contribution in [0, 0.1) is 5.41 Å². The maximum atomic E-state index is 3.74. The fourth-order valence-electron chi connectivity index (χ4n) is 2.94. The van der Waals surface area contributed by atoms with Crippen LogP contribution in [0.25, 0.3) is 0 Å². The lowest BCUT2D eigenvalue weighted by atomic mass is 9.84. The summed E-state index contributed by atoms with van der Waals surface area (Å²) in [6.07, 6.45) is 6.73. The van der Waals surface area contributed by atoms with Crippen LogP contribution in [0.2, 0.25) is 0 Å². The molecule has 1 aliphatic heterocycles. The molecule has 0 saturated carbocycles. The highest BCUT2D eigenvalue weighted by Gasteiger charge is 2.25. The van der Waals surface area contributed by atoms with Crippen molar-refractivity contribution in [2.45, 2.75) is 78.8 Å². The minimum absolute atomic E-state index is 0.369. The molecule has 1 saturated heterocycles. The summed E-state index contributed by atoms with van der Waals surface area (Å²) >= 11 is 0. The predicted octanol–water partition coefficient (Wildman–Crippen LogP) is 3.67. The SMILES string of the molecule is CCCNC(CCN1CCCCC1C)C(C)(C)C. The summed E-state index contributed by atoms with van der Waals surface area (Å²) in [5.41, 5.74) is 0.369. The third kappa shape index (κ3) is 5.27. The minimum atomic E-state index is 0.369. The van der Waals surface area contributed by atoms with Gasteiger partial charge in [-0.25, -0.2) is 0 Å². The third-order valence-electron chi connectivity index (χ3n) is 4.33. The normalized spacial score (nSPS) is 24.2. The highest BCUT2D eigenvalue weighted by atomic mass is 15.2. The molecular weight excluding hydrogens is 220 g/mol. The maximum absolute atomic E-state index is 3.74. The van der Waals surface area contributed by atoms with Gasteiger partial charge in [-0.05, 0) is 57.7 Å². The maximum Gasteiger partial charge on any atom is 0.0128 e.